The third-order valence-electron chi connectivity index (χ3n) is 1.37. The Labute approximate surface area is 67.7 Å². The van der Waals surface area contributed by atoms with Crippen molar-refractivity contribution in [2.45, 2.75) is 13.0 Å². The molecule has 0 aliphatic rings. The van der Waals surface area contributed by atoms with Crippen LogP contribution >= 0.6 is 0 Å². The predicted octanol–water partition coefficient (Wildman–Crippen LogP) is -2.01. The van der Waals surface area contributed by atoms with Gasteiger partial charge in [0, 0.05) is 5.56 Å². The summed E-state index contributed by atoms with van der Waals surface area (Å²) in [6, 6.07) is 10.7. The van der Waals surface area contributed by atoms with Crippen molar-refractivity contribution >= 4 is 0 Å². The normalized spacial score (nSPS) is 11.8. The van der Waals surface area contributed by atoms with Crippen molar-refractivity contribution in [3.05, 3.63) is 35.9 Å². The molecule has 1 nitrogen and oxygen atoms in total. The summed E-state index contributed by atoms with van der Waals surface area (Å²) >= 11 is 0. The number of quaternary nitrogens is 1. The first-order valence-electron chi connectivity index (χ1n) is 3.18. The molecule has 2 heteroatoms. The summed E-state index contributed by atoms with van der Waals surface area (Å²) in [7, 11) is 0. The summed E-state index contributed by atoms with van der Waals surface area (Å²) in [4.78, 5) is 0. The average molecular weight is 158 g/mol. The predicted molar refractivity (Wildman–Crippen MR) is 37.7 cm³/mol. The lowest BCUT2D eigenvalue weighted by atomic mass is 10.1. The molecule has 1 unspecified atom stereocenters. The summed E-state index contributed by atoms with van der Waals surface area (Å²) in [6.45, 7) is 2.09. The Kier molecular flexibility index (Phi) is 4.08. The van der Waals surface area contributed by atoms with Crippen LogP contribution in [0.4, 0.5) is 0 Å². The van der Waals surface area contributed by atoms with Gasteiger partial charge >= 0.3 is 0 Å². The van der Waals surface area contributed by atoms with Crippen LogP contribution in [0.25, 0.3) is 0 Å². The number of hydrogen-bond acceptors (Lipinski definition) is 0. The highest BCUT2D eigenvalue weighted by Gasteiger charge is 1.97. The highest BCUT2D eigenvalue weighted by molar-refractivity contribution is 5.15. The van der Waals surface area contributed by atoms with Crippen LogP contribution in [0.5, 0.6) is 0 Å². The molecule has 0 aromatic heterocycles. The van der Waals surface area contributed by atoms with Crippen LogP contribution in [0, 0.1) is 0 Å². The quantitative estimate of drug-likeness (QED) is 0.488. The highest BCUT2D eigenvalue weighted by atomic mass is 35.5. The van der Waals surface area contributed by atoms with Gasteiger partial charge in [-0.05, 0) is 6.92 Å². The maximum atomic E-state index is 3.91. The van der Waals surface area contributed by atoms with E-state index in [1.807, 2.05) is 18.2 Å². The van der Waals surface area contributed by atoms with Gasteiger partial charge in [0.05, 0.1) is 0 Å². The summed E-state index contributed by atoms with van der Waals surface area (Å²) in [5, 5.41) is 0. The Morgan fingerprint density at radius 2 is 1.70 bits per heavy atom. The highest BCUT2D eigenvalue weighted by Crippen LogP contribution is 2.04. The zero-order valence-corrected chi connectivity index (χ0v) is 6.81. The van der Waals surface area contributed by atoms with E-state index in [1.54, 1.807) is 0 Å². The van der Waals surface area contributed by atoms with Crippen molar-refractivity contribution in [2.75, 3.05) is 0 Å². The molecule has 0 heterocycles. The molecule has 0 fully saturated rings. The lowest BCUT2D eigenvalue weighted by molar-refractivity contribution is -0.420. The molecule has 3 N–H and O–H groups in total. The smallest absolute Gasteiger partial charge is 0.107 e. The first kappa shape index (κ1) is 9.47. The van der Waals surface area contributed by atoms with Crippen molar-refractivity contribution in [3.63, 3.8) is 0 Å². The minimum atomic E-state index is 0. The van der Waals surface area contributed by atoms with Crippen LogP contribution in [0.15, 0.2) is 30.3 Å². The van der Waals surface area contributed by atoms with E-state index in [-0.39, 0.29) is 12.4 Å². The first-order chi connectivity index (χ1) is 4.30. The van der Waals surface area contributed by atoms with E-state index >= 15 is 0 Å². The Morgan fingerprint density at radius 3 is 2.00 bits per heavy atom. The van der Waals surface area contributed by atoms with Gasteiger partial charge in [-0.15, -0.1) is 0 Å². The second kappa shape index (κ2) is 4.31. The van der Waals surface area contributed by atoms with Gasteiger partial charge in [0.15, 0.2) is 0 Å². The molecular weight excluding hydrogens is 146 g/mol. The van der Waals surface area contributed by atoms with E-state index in [0.29, 0.717) is 6.04 Å². The molecule has 0 aliphatic heterocycles. The maximum absolute atomic E-state index is 3.91. The minimum Gasteiger partial charge on any atom is -1.00 e. The molecule has 0 radical (unpaired) electrons. The van der Waals surface area contributed by atoms with Gasteiger partial charge in [-0.25, -0.2) is 0 Å². The lowest BCUT2D eigenvalue weighted by Crippen LogP contribution is -3.00. The Morgan fingerprint density at radius 1 is 1.20 bits per heavy atom. The van der Waals surface area contributed by atoms with Crippen LogP contribution in [-0.2, 0) is 0 Å². The van der Waals surface area contributed by atoms with Gasteiger partial charge in [-0.2, -0.15) is 0 Å². The van der Waals surface area contributed by atoms with Gasteiger partial charge in [-0.1, -0.05) is 30.3 Å². The molecule has 0 amide bonds. The summed E-state index contributed by atoms with van der Waals surface area (Å²) in [5.74, 6) is 0. The van der Waals surface area contributed by atoms with Crippen molar-refractivity contribution < 1.29 is 18.1 Å². The fourth-order valence-corrected chi connectivity index (χ4v) is 0.782. The number of rotatable bonds is 1. The van der Waals surface area contributed by atoms with Crippen molar-refractivity contribution in [1.29, 1.82) is 0 Å². The molecular formula is C8H12ClN. The fraction of sp³-hybridized carbons (Fsp3) is 0.250. The van der Waals surface area contributed by atoms with Gasteiger partial charge < -0.3 is 18.1 Å². The molecule has 10 heavy (non-hydrogen) atoms. The molecule has 0 spiro atoms. The summed E-state index contributed by atoms with van der Waals surface area (Å²) < 4.78 is 0. The molecule has 0 saturated carbocycles. The first-order valence-corrected chi connectivity index (χ1v) is 3.18. The van der Waals surface area contributed by atoms with E-state index in [4.69, 9.17) is 0 Å². The molecule has 0 bridgehead atoms. The standard InChI is InChI=1S/C8H11N.ClH/c1-7(9)8-5-3-2-4-6-8;/h2-7H,9H2,1H3;1H. The average Bonchev–Trinajstić information content (AvgIpc) is 1.90. The Balaban J connectivity index is 0.000000810. The van der Waals surface area contributed by atoms with Gasteiger partial charge in [-0.3, -0.25) is 0 Å². The van der Waals surface area contributed by atoms with Gasteiger partial charge in [0.1, 0.15) is 6.04 Å². The number of benzene rings is 1. The second-order valence-electron chi connectivity index (χ2n) is 2.31. The van der Waals surface area contributed by atoms with Crippen LogP contribution in [-0.4, -0.2) is 0 Å². The molecule has 1 rings (SSSR count). The maximum Gasteiger partial charge on any atom is 0.107 e. The van der Waals surface area contributed by atoms with E-state index < -0.39 is 0 Å². The molecule has 1 atom stereocenters. The van der Waals surface area contributed by atoms with E-state index in [2.05, 4.69) is 24.8 Å². The van der Waals surface area contributed by atoms with Crippen LogP contribution in [0.3, 0.4) is 0 Å². The summed E-state index contributed by atoms with van der Waals surface area (Å²) in [5.41, 5.74) is 5.21. The zero-order chi connectivity index (χ0) is 6.69. The molecule has 1 aromatic carbocycles. The van der Waals surface area contributed by atoms with E-state index in [0.717, 1.165) is 0 Å². The SMILES string of the molecule is CC([NH3+])c1ccccc1.[Cl-]. The molecule has 1 aromatic rings. The largest absolute Gasteiger partial charge is 1.00 e. The number of halogens is 1. The molecule has 0 saturated heterocycles. The Hall–Kier alpha value is -0.530. The van der Waals surface area contributed by atoms with Crippen LogP contribution < -0.4 is 18.1 Å². The van der Waals surface area contributed by atoms with Crippen LogP contribution in [0.1, 0.15) is 18.5 Å². The minimum absolute atomic E-state index is 0. The van der Waals surface area contributed by atoms with Crippen LogP contribution in [0.2, 0.25) is 0 Å². The summed E-state index contributed by atoms with van der Waals surface area (Å²) in [6.07, 6.45) is 0. The van der Waals surface area contributed by atoms with Gasteiger partial charge in [0.25, 0.3) is 0 Å². The third-order valence-corrected chi connectivity index (χ3v) is 1.37. The third kappa shape index (κ3) is 2.38. The molecule has 0 aliphatic carbocycles. The zero-order valence-electron chi connectivity index (χ0n) is 6.05. The topological polar surface area (TPSA) is 27.6 Å². The van der Waals surface area contributed by atoms with E-state index in [9.17, 15) is 0 Å². The Bertz CT molecular complexity index is 172. The molecule has 56 valence electrons. The van der Waals surface area contributed by atoms with Crippen molar-refractivity contribution in [2.24, 2.45) is 0 Å². The number of hydrogen-bond donors (Lipinski definition) is 1. The van der Waals surface area contributed by atoms with Gasteiger partial charge in [0.2, 0.25) is 0 Å². The van der Waals surface area contributed by atoms with Crippen molar-refractivity contribution in [1.82, 2.24) is 0 Å². The second-order valence-corrected chi connectivity index (χ2v) is 2.31. The monoisotopic (exact) mass is 157 g/mol. The van der Waals surface area contributed by atoms with Crippen molar-refractivity contribution in [3.8, 4) is 0 Å². The van der Waals surface area contributed by atoms with E-state index in [1.165, 1.54) is 5.56 Å². The fourth-order valence-electron chi connectivity index (χ4n) is 0.782. The lowest BCUT2D eigenvalue weighted by Gasteiger charge is -1.98.